The zero-order valence-electron chi connectivity index (χ0n) is 13.1. The number of aromatic amines is 1. The number of carbonyl (C=O) groups excluding carboxylic acids is 2. The second-order valence-corrected chi connectivity index (χ2v) is 6.39. The molecule has 4 N–H and O–H groups in total. The third kappa shape index (κ3) is 3.56. The van der Waals surface area contributed by atoms with Crippen LogP contribution in [-0.4, -0.2) is 28.2 Å². The van der Waals surface area contributed by atoms with E-state index < -0.39 is 0 Å². The van der Waals surface area contributed by atoms with Crippen LogP contribution in [0.2, 0.25) is 0 Å². The van der Waals surface area contributed by atoms with Crippen LogP contribution in [0.25, 0.3) is 0 Å². The number of H-pyrrole nitrogens is 1. The van der Waals surface area contributed by atoms with Gasteiger partial charge in [0.15, 0.2) is 5.69 Å². The van der Waals surface area contributed by atoms with Gasteiger partial charge in [0, 0.05) is 29.0 Å². The van der Waals surface area contributed by atoms with Crippen molar-refractivity contribution in [1.82, 2.24) is 15.5 Å². The van der Waals surface area contributed by atoms with Crippen LogP contribution in [0.4, 0.5) is 16.2 Å². The van der Waals surface area contributed by atoms with Gasteiger partial charge < -0.3 is 16.0 Å². The molecule has 2 saturated carbocycles. The van der Waals surface area contributed by atoms with Crippen LogP contribution in [0.5, 0.6) is 0 Å². The van der Waals surface area contributed by atoms with E-state index in [1.807, 2.05) is 6.07 Å². The van der Waals surface area contributed by atoms with Crippen LogP contribution in [0.15, 0.2) is 30.3 Å². The molecule has 2 aromatic rings. The second-order valence-electron chi connectivity index (χ2n) is 6.39. The van der Waals surface area contributed by atoms with E-state index in [-0.39, 0.29) is 11.9 Å². The van der Waals surface area contributed by atoms with Crippen molar-refractivity contribution in [3.8, 4) is 0 Å². The van der Waals surface area contributed by atoms with Crippen LogP contribution < -0.4 is 16.0 Å². The lowest BCUT2D eigenvalue weighted by atomic mass is 10.2. The minimum atomic E-state index is -0.245. The first-order chi connectivity index (χ1) is 11.7. The number of amides is 3. The fourth-order valence-corrected chi connectivity index (χ4v) is 2.47. The molecule has 7 heteroatoms. The van der Waals surface area contributed by atoms with Crippen LogP contribution in [0, 0.1) is 0 Å². The van der Waals surface area contributed by atoms with Crippen LogP contribution >= 0.6 is 0 Å². The molecule has 0 radical (unpaired) electrons. The predicted octanol–water partition coefficient (Wildman–Crippen LogP) is 2.82. The average molecular weight is 325 g/mol. The third-order valence-corrected chi connectivity index (χ3v) is 4.16. The van der Waals surface area contributed by atoms with E-state index in [2.05, 4.69) is 26.1 Å². The van der Waals surface area contributed by atoms with Crippen molar-refractivity contribution >= 4 is 23.3 Å². The summed E-state index contributed by atoms with van der Waals surface area (Å²) in [5, 5.41) is 15.4. The predicted molar refractivity (Wildman–Crippen MR) is 90.1 cm³/mol. The van der Waals surface area contributed by atoms with Crippen molar-refractivity contribution in [2.45, 2.75) is 37.6 Å². The molecule has 0 bridgehead atoms. The molecule has 3 amide bonds. The Morgan fingerprint density at radius 2 is 1.67 bits per heavy atom. The summed E-state index contributed by atoms with van der Waals surface area (Å²) in [6.45, 7) is 0. The highest BCUT2D eigenvalue weighted by Gasteiger charge is 2.26. The molecule has 4 rings (SSSR count). The molecule has 1 aromatic heterocycles. The number of hydrogen-bond acceptors (Lipinski definition) is 3. The molecule has 2 aliphatic carbocycles. The molecule has 1 heterocycles. The topological polar surface area (TPSA) is 98.9 Å². The van der Waals surface area contributed by atoms with Crippen molar-refractivity contribution in [2.75, 3.05) is 10.6 Å². The summed E-state index contributed by atoms with van der Waals surface area (Å²) in [6, 6.07) is 8.93. The smallest absolute Gasteiger partial charge is 0.319 e. The van der Waals surface area contributed by atoms with Gasteiger partial charge in [0.1, 0.15) is 0 Å². The largest absolute Gasteiger partial charge is 0.335 e. The van der Waals surface area contributed by atoms with Gasteiger partial charge in [-0.05, 0) is 56.0 Å². The number of nitrogens with zero attached hydrogens (tertiary/aromatic N) is 1. The monoisotopic (exact) mass is 325 g/mol. The fourth-order valence-electron chi connectivity index (χ4n) is 2.47. The van der Waals surface area contributed by atoms with Gasteiger partial charge in [-0.2, -0.15) is 5.10 Å². The van der Waals surface area contributed by atoms with Gasteiger partial charge in [-0.3, -0.25) is 9.89 Å². The number of carbonyl (C=O) groups is 2. The molecule has 24 heavy (non-hydrogen) atoms. The minimum Gasteiger partial charge on any atom is -0.335 e. The SMILES string of the molecule is O=C(Nc1ccc(NC(=O)c2cc(C3CC3)[nH]n2)cc1)NC1CC1. The van der Waals surface area contributed by atoms with Crippen LogP contribution in [-0.2, 0) is 0 Å². The molecule has 1 aromatic carbocycles. The highest BCUT2D eigenvalue weighted by Crippen LogP contribution is 2.39. The van der Waals surface area contributed by atoms with E-state index in [4.69, 9.17) is 0 Å². The van der Waals surface area contributed by atoms with Crippen molar-refractivity contribution in [3.05, 3.63) is 41.7 Å². The summed E-state index contributed by atoms with van der Waals surface area (Å²) in [5.74, 6) is 0.288. The van der Waals surface area contributed by atoms with E-state index >= 15 is 0 Å². The van der Waals surface area contributed by atoms with Gasteiger partial charge in [0.2, 0.25) is 0 Å². The Morgan fingerprint density at radius 1 is 1.00 bits per heavy atom. The lowest BCUT2D eigenvalue weighted by Gasteiger charge is -2.08. The maximum Gasteiger partial charge on any atom is 0.319 e. The van der Waals surface area contributed by atoms with Gasteiger partial charge in [-0.1, -0.05) is 0 Å². The summed E-state index contributed by atoms with van der Waals surface area (Å²) in [7, 11) is 0. The van der Waals surface area contributed by atoms with Gasteiger partial charge in [0.05, 0.1) is 0 Å². The van der Waals surface area contributed by atoms with E-state index in [0.717, 1.165) is 31.4 Å². The Kier molecular flexibility index (Phi) is 3.68. The maximum absolute atomic E-state index is 12.2. The number of hydrogen-bond donors (Lipinski definition) is 4. The Morgan fingerprint density at radius 3 is 2.29 bits per heavy atom. The Bertz CT molecular complexity index is 760. The van der Waals surface area contributed by atoms with E-state index in [1.165, 1.54) is 0 Å². The van der Waals surface area contributed by atoms with Gasteiger partial charge in [-0.15, -0.1) is 0 Å². The molecular formula is C17H19N5O2. The summed E-state index contributed by atoms with van der Waals surface area (Å²) >= 11 is 0. The van der Waals surface area contributed by atoms with E-state index in [0.29, 0.717) is 29.0 Å². The number of anilines is 2. The van der Waals surface area contributed by atoms with Crippen LogP contribution in [0.1, 0.15) is 47.8 Å². The average Bonchev–Trinajstić information content (AvgIpc) is 3.50. The molecule has 124 valence electrons. The Hall–Kier alpha value is -2.83. The Labute approximate surface area is 139 Å². The number of benzene rings is 1. The lowest BCUT2D eigenvalue weighted by molar-refractivity contribution is 0.102. The summed E-state index contributed by atoms with van der Waals surface area (Å²) in [5.41, 5.74) is 2.76. The molecule has 0 aliphatic heterocycles. The molecule has 0 atom stereocenters. The Balaban J connectivity index is 1.33. The zero-order chi connectivity index (χ0) is 16.5. The number of rotatable bonds is 5. The highest BCUT2D eigenvalue weighted by molar-refractivity contribution is 6.03. The second kappa shape index (κ2) is 5.99. The minimum absolute atomic E-state index is 0.196. The molecule has 0 unspecified atom stereocenters. The zero-order valence-corrected chi connectivity index (χ0v) is 13.1. The molecule has 0 spiro atoms. The molecule has 2 aliphatic rings. The molecule has 7 nitrogen and oxygen atoms in total. The van der Waals surface area contributed by atoms with E-state index in [9.17, 15) is 9.59 Å². The summed E-state index contributed by atoms with van der Waals surface area (Å²) in [4.78, 5) is 23.9. The highest BCUT2D eigenvalue weighted by atomic mass is 16.2. The van der Waals surface area contributed by atoms with Gasteiger partial charge in [0.25, 0.3) is 5.91 Å². The van der Waals surface area contributed by atoms with Crippen molar-refractivity contribution in [3.63, 3.8) is 0 Å². The normalized spacial score (nSPS) is 16.5. The first-order valence-corrected chi connectivity index (χ1v) is 8.21. The van der Waals surface area contributed by atoms with Gasteiger partial charge in [-0.25, -0.2) is 4.79 Å². The molecule has 2 fully saturated rings. The van der Waals surface area contributed by atoms with Crippen molar-refractivity contribution in [1.29, 1.82) is 0 Å². The first-order valence-electron chi connectivity index (χ1n) is 8.21. The number of urea groups is 1. The summed E-state index contributed by atoms with van der Waals surface area (Å²) < 4.78 is 0. The number of aromatic nitrogens is 2. The standard InChI is InChI=1S/C17H19N5O2/c23-16(15-9-14(21-22-15)10-1-2-10)18-11-3-5-12(6-4-11)19-17(24)20-13-7-8-13/h3-6,9-10,13H,1-2,7-8H2,(H,18,23)(H,21,22)(H2,19,20,24). The lowest BCUT2D eigenvalue weighted by Crippen LogP contribution is -2.30. The third-order valence-electron chi connectivity index (χ3n) is 4.16. The number of nitrogens with one attached hydrogen (secondary N) is 4. The summed E-state index contributed by atoms with van der Waals surface area (Å²) in [6.07, 6.45) is 4.42. The molecular weight excluding hydrogens is 306 g/mol. The molecule has 0 saturated heterocycles. The van der Waals surface area contributed by atoms with Crippen molar-refractivity contribution < 1.29 is 9.59 Å². The maximum atomic E-state index is 12.2. The quantitative estimate of drug-likeness (QED) is 0.680. The van der Waals surface area contributed by atoms with Crippen LogP contribution in [0.3, 0.4) is 0 Å². The van der Waals surface area contributed by atoms with Crippen molar-refractivity contribution in [2.24, 2.45) is 0 Å². The van der Waals surface area contributed by atoms with Gasteiger partial charge >= 0.3 is 6.03 Å². The first kappa shape index (κ1) is 14.7. The fraction of sp³-hybridized carbons (Fsp3) is 0.353. The van der Waals surface area contributed by atoms with E-state index in [1.54, 1.807) is 24.3 Å².